The van der Waals surface area contributed by atoms with E-state index in [-0.39, 0.29) is 11.8 Å². The van der Waals surface area contributed by atoms with E-state index < -0.39 is 0 Å². The molecule has 0 fully saturated rings. The van der Waals surface area contributed by atoms with Crippen molar-refractivity contribution < 1.29 is 4.79 Å². The van der Waals surface area contributed by atoms with E-state index in [1.165, 1.54) is 4.88 Å². The van der Waals surface area contributed by atoms with Gasteiger partial charge in [-0.3, -0.25) is 9.78 Å². The number of carbonyl (C=O) groups excluding carboxylic acids is 1. The lowest BCUT2D eigenvalue weighted by atomic mass is 9.90. The number of para-hydroxylation sites is 1. The van der Waals surface area contributed by atoms with Gasteiger partial charge in [-0.05, 0) is 43.5 Å². The first-order chi connectivity index (χ1) is 11.8. The Morgan fingerprint density at radius 2 is 1.96 bits per heavy atom. The van der Waals surface area contributed by atoms with Gasteiger partial charge in [0.15, 0.2) is 0 Å². The Bertz CT molecular complexity index is 846. The molecule has 0 saturated carbocycles. The number of nitrogens with one attached hydrogen (secondary N) is 1. The molecule has 1 atom stereocenters. The molecule has 1 aliphatic rings. The number of pyridine rings is 1. The number of nitrogens with zero attached hydrogens (tertiary/aromatic N) is 2. The van der Waals surface area contributed by atoms with Crippen molar-refractivity contribution in [3.05, 3.63) is 65.3 Å². The van der Waals surface area contributed by atoms with Crippen LogP contribution in [-0.2, 0) is 17.6 Å². The van der Waals surface area contributed by atoms with Gasteiger partial charge in [0.2, 0.25) is 5.91 Å². The van der Waals surface area contributed by atoms with Gasteiger partial charge in [0.1, 0.15) is 5.01 Å². The minimum atomic E-state index is 0.00902. The van der Waals surface area contributed by atoms with Gasteiger partial charge in [-0.15, -0.1) is 11.3 Å². The van der Waals surface area contributed by atoms with Crippen LogP contribution in [0.3, 0.4) is 0 Å². The number of aryl methyl sites for hydroxylation is 1. The van der Waals surface area contributed by atoms with E-state index in [2.05, 4.69) is 10.3 Å². The largest absolute Gasteiger partial charge is 0.326 e. The third-order valence-electron chi connectivity index (χ3n) is 4.24. The Hall–Kier alpha value is -2.53. The van der Waals surface area contributed by atoms with Crippen LogP contribution >= 0.6 is 11.3 Å². The highest BCUT2D eigenvalue weighted by Gasteiger charge is 2.27. The first kappa shape index (κ1) is 15.0. The molecule has 0 bridgehead atoms. The third kappa shape index (κ3) is 3.08. The van der Waals surface area contributed by atoms with E-state index in [1.807, 2.05) is 48.5 Å². The van der Waals surface area contributed by atoms with E-state index >= 15 is 0 Å². The van der Waals surface area contributed by atoms with Gasteiger partial charge in [-0.1, -0.05) is 24.3 Å². The molecular weight excluding hydrogens is 318 g/mol. The smallest absolute Gasteiger partial charge is 0.227 e. The van der Waals surface area contributed by atoms with Crippen molar-refractivity contribution in [1.82, 2.24) is 9.97 Å². The maximum Gasteiger partial charge on any atom is 0.227 e. The quantitative estimate of drug-likeness (QED) is 0.788. The maximum absolute atomic E-state index is 12.5. The van der Waals surface area contributed by atoms with E-state index in [1.54, 1.807) is 17.5 Å². The highest BCUT2D eigenvalue weighted by atomic mass is 32.1. The number of anilines is 1. The van der Waals surface area contributed by atoms with Gasteiger partial charge in [-0.25, -0.2) is 4.98 Å². The van der Waals surface area contributed by atoms with Gasteiger partial charge >= 0.3 is 0 Å². The summed E-state index contributed by atoms with van der Waals surface area (Å²) in [6.07, 6.45) is 4.24. The first-order valence-electron chi connectivity index (χ1n) is 8.05. The monoisotopic (exact) mass is 335 g/mol. The summed E-state index contributed by atoms with van der Waals surface area (Å²) in [6.45, 7) is 0. The van der Waals surface area contributed by atoms with Crippen LogP contribution in [0.5, 0.6) is 0 Å². The summed E-state index contributed by atoms with van der Waals surface area (Å²) >= 11 is 1.66. The molecule has 1 aromatic carbocycles. The fraction of sp³-hybridized carbons (Fsp3) is 0.211. The number of amides is 1. The molecule has 5 heteroatoms. The Morgan fingerprint density at radius 3 is 2.75 bits per heavy atom. The zero-order valence-corrected chi connectivity index (χ0v) is 13.9. The first-order valence-corrected chi connectivity index (χ1v) is 8.87. The average molecular weight is 335 g/mol. The van der Waals surface area contributed by atoms with Gasteiger partial charge < -0.3 is 5.32 Å². The zero-order valence-electron chi connectivity index (χ0n) is 13.1. The highest BCUT2D eigenvalue weighted by Crippen LogP contribution is 2.34. The van der Waals surface area contributed by atoms with Gasteiger partial charge in [0.05, 0.1) is 11.4 Å². The van der Waals surface area contributed by atoms with Crippen LogP contribution < -0.4 is 5.32 Å². The minimum Gasteiger partial charge on any atom is -0.326 e. The maximum atomic E-state index is 12.5. The van der Waals surface area contributed by atoms with Crippen LogP contribution in [0.15, 0.2) is 54.7 Å². The molecule has 4 nitrogen and oxygen atoms in total. The van der Waals surface area contributed by atoms with Crippen molar-refractivity contribution in [2.24, 2.45) is 5.92 Å². The summed E-state index contributed by atoms with van der Waals surface area (Å²) in [6, 6.07) is 15.5. The van der Waals surface area contributed by atoms with Crippen LogP contribution in [0.1, 0.15) is 17.0 Å². The highest BCUT2D eigenvalue weighted by molar-refractivity contribution is 7.15. The van der Waals surface area contributed by atoms with Crippen molar-refractivity contribution >= 4 is 22.9 Å². The fourth-order valence-corrected chi connectivity index (χ4v) is 4.13. The molecule has 2 aromatic heterocycles. The van der Waals surface area contributed by atoms with Crippen molar-refractivity contribution in [1.29, 1.82) is 0 Å². The molecular formula is C19H17N3OS. The molecule has 0 radical (unpaired) electrons. The molecule has 1 unspecified atom stereocenters. The molecule has 1 N–H and O–H groups in total. The lowest BCUT2D eigenvalue weighted by Gasteiger charge is -2.20. The lowest BCUT2D eigenvalue weighted by molar-refractivity contribution is -0.120. The van der Waals surface area contributed by atoms with Gasteiger partial charge in [0, 0.05) is 22.7 Å². The number of carbonyl (C=O) groups is 1. The number of hydrogen-bond acceptors (Lipinski definition) is 4. The Balaban J connectivity index is 1.50. The summed E-state index contributed by atoms with van der Waals surface area (Å²) in [5.41, 5.74) is 2.89. The van der Waals surface area contributed by atoms with Crippen molar-refractivity contribution in [2.45, 2.75) is 19.3 Å². The fourth-order valence-electron chi connectivity index (χ4n) is 2.96. The summed E-state index contributed by atoms with van der Waals surface area (Å²) in [7, 11) is 0. The molecule has 0 saturated heterocycles. The molecule has 120 valence electrons. The molecule has 1 amide bonds. The summed E-state index contributed by atoms with van der Waals surface area (Å²) < 4.78 is 0. The van der Waals surface area contributed by atoms with Crippen molar-refractivity contribution in [2.75, 3.05) is 5.32 Å². The molecule has 0 aliphatic heterocycles. The number of benzene rings is 1. The van der Waals surface area contributed by atoms with Crippen LogP contribution in [0, 0.1) is 5.92 Å². The molecule has 4 rings (SSSR count). The normalized spacial score (nSPS) is 16.4. The number of hydrogen-bond donors (Lipinski definition) is 1. The molecule has 3 aromatic rings. The zero-order chi connectivity index (χ0) is 16.4. The molecule has 1 aliphatic carbocycles. The predicted molar refractivity (Wildman–Crippen MR) is 95.9 cm³/mol. The van der Waals surface area contributed by atoms with Crippen LogP contribution in [0.2, 0.25) is 0 Å². The Kier molecular flexibility index (Phi) is 4.09. The topological polar surface area (TPSA) is 54.9 Å². The second kappa shape index (κ2) is 6.53. The Labute approximate surface area is 144 Å². The Morgan fingerprint density at radius 1 is 1.12 bits per heavy atom. The summed E-state index contributed by atoms with van der Waals surface area (Å²) in [4.78, 5) is 22.8. The van der Waals surface area contributed by atoms with Crippen LogP contribution in [0.4, 0.5) is 5.69 Å². The number of fused-ring (bicyclic) bond motifs is 1. The average Bonchev–Trinajstić information content (AvgIpc) is 3.06. The number of thiazole rings is 1. The third-order valence-corrected chi connectivity index (χ3v) is 5.38. The van der Waals surface area contributed by atoms with Crippen LogP contribution in [-0.4, -0.2) is 15.9 Å². The molecule has 0 spiro atoms. The van der Waals surface area contributed by atoms with Crippen LogP contribution in [0.25, 0.3) is 10.7 Å². The minimum absolute atomic E-state index is 0.00902. The van der Waals surface area contributed by atoms with Crippen molar-refractivity contribution in [3.63, 3.8) is 0 Å². The van der Waals surface area contributed by atoms with Gasteiger partial charge in [0.25, 0.3) is 0 Å². The van der Waals surface area contributed by atoms with E-state index in [9.17, 15) is 4.79 Å². The number of aromatic nitrogens is 2. The predicted octanol–water partition coefficient (Wildman–Crippen LogP) is 3.95. The standard InChI is InChI=1S/C19H17N3OS/c23-18(21-14-6-2-1-3-7-14)13-9-10-15-17(12-13)24-19(22-15)16-8-4-5-11-20-16/h1-8,11,13H,9-10,12H2,(H,21,23). The molecule has 2 heterocycles. The summed E-state index contributed by atoms with van der Waals surface area (Å²) in [5.74, 6) is 0.106. The van der Waals surface area contributed by atoms with E-state index in [4.69, 9.17) is 4.98 Å². The lowest BCUT2D eigenvalue weighted by Crippen LogP contribution is -2.27. The second-order valence-electron chi connectivity index (χ2n) is 5.90. The van der Waals surface area contributed by atoms with E-state index in [0.29, 0.717) is 0 Å². The molecule has 24 heavy (non-hydrogen) atoms. The number of rotatable bonds is 3. The van der Waals surface area contributed by atoms with E-state index in [0.717, 1.165) is 41.3 Å². The summed E-state index contributed by atoms with van der Waals surface area (Å²) in [5, 5.41) is 3.96. The van der Waals surface area contributed by atoms with Gasteiger partial charge in [-0.2, -0.15) is 0 Å². The SMILES string of the molecule is O=C(Nc1ccccc1)C1CCc2nc(-c3ccccn3)sc2C1. The second-order valence-corrected chi connectivity index (χ2v) is 6.98. The van der Waals surface area contributed by atoms with Crippen molar-refractivity contribution in [3.8, 4) is 10.7 Å².